The van der Waals surface area contributed by atoms with Crippen molar-refractivity contribution >= 4 is 17.4 Å². The number of aromatic nitrogens is 1. The molecule has 1 amide bonds. The maximum atomic E-state index is 12.3. The van der Waals surface area contributed by atoms with Gasteiger partial charge in [-0.3, -0.25) is 9.69 Å². The standard InChI is InChI=1S/C21H24N4O/c1-3-4-11-24-12-14-25(15-13-24)20-10-7-18(16-22-20)21(26)23-19-8-5-17(2)6-9-19/h1,5-10,16H,4,11-15H2,2H3,(H,23,26). The third-order valence-electron chi connectivity index (χ3n) is 4.59. The minimum absolute atomic E-state index is 0.146. The van der Waals surface area contributed by atoms with Crippen molar-refractivity contribution in [2.75, 3.05) is 42.9 Å². The first kappa shape index (κ1) is 18.0. The molecule has 5 heteroatoms. The summed E-state index contributed by atoms with van der Waals surface area (Å²) in [6.07, 6.45) is 7.77. The number of carbonyl (C=O) groups excluding carboxylic acids is 1. The smallest absolute Gasteiger partial charge is 0.257 e. The van der Waals surface area contributed by atoms with E-state index in [1.165, 1.54) is 0 Å². The van der Waals surface area contributed by atoms with Crippen LogP contribution in [0.5, 0.6) is 0 Å². The van der Waals surface area contributed by atoms with Crippen LogP contribution in [0.2, 0.25) is 0 Å². The van der Waals surface area contributed by atoms with Crippen LogP contribution in [-0.4, -0.2) is 48.5 Å². The Morgan fingerprint density at radius 2 is 1.88 bits per heavy atom. The molecule has 2 heterocycles. The number of rotatable bonds is 5. The zero-order chi connectivity index (χ0) is 18.4. The minimum atomic E-state index is -0.146. The van der Waals surface area contributed by atoms with Crippen molar-refractivity contribution in [3.63, 3.8) is 0 Å². The third-order valence-corrected chi connectivity index (χ3v) is 4.59. The first-order valence-corrected chi connectivity index (χ1v) is 8.90. The summed E-state index contributed by atoms with van der Waals surface area (Å²) >= 11 is 0. The first-order chi connectivity index (χ1) is 12.7. The Bertz CT molecular complexity index is 769. The maximum absolute atomic E-state index is 12.3. The molecular weight excluding hydrogens is 324 g/mol. The van der Waals surface area contributed by atoms with E-state index >= 15 is 0 Å². The van der Waals surface area contributed by atoms with Crippen LogP contribution in [0.1, 0.15) is 22.3 Å². The summed E-state index contributed by atoms with van der Waals surface area (Å²) in [5.41, 5.74) is 2.50. The molecule has 5 nitrogen and oxygen atoms in total. The van der Waals surface area contributed by atoms with Crippen LogP contribution < -0.4 is 10.2 Å². The highest BCUT2D eigenvalue weighted by molar-refractivity contribution is 6.04. The van der Waals surface area contributed by atoms with Crippen LogP contribution in [-0.2, 0) is 0 Å². The van der Waals surface area contributed by atoms with Crippen molar-refractivity contribution in [1.82, 2.24) is 9.88 Å². The van der Waals surface area contributed by atoms with E-state index in [-0.39, 0.29) is 5.91 Å². The van der Waals surface area contributed by atoms with E-state index < -0.39 is 0 Å². The molecule has 0 atom stereocenters. The molecule has 0 saturated carbocycles. The largest absolute Gasteiger partial charge is 0.354 e. The van der Waals surface area contributed by atoms with Crippen LogP contribution in [0.15, 0.2) is 42.6 Å². The van der Waals surface area contributed by atoms with Gasteiger partial charge in [-0.25, -0.2) is 4.98 Å². The molecule has 1 aliphatic heterocycles. The molecule has 2 aromatic rings. The van der Waals surface area contributed by atoms with Gasteiger partial charge < -0.3 is 10.2 Å². The minimum Gasteiger partial charge on any atom is -0.354 e. The number of nitrogens with zero attached hydrogens (tertiary/aromatic N) is 3. The van der Waals surface area contributed by atoms with Gasteiger partial charge in [-0.1, -0.05) is 17.7 Å². The highest BCUT2D eigenvalue weighted by Crippen LogP contribution is 2.16. The molecule has 1 saturated heterocycles. The van der Waals surface area contributed by atoms with E-state index in [1.54, 1.807) is 6.20 Å². The van der Waals surface area contributed by atoms with Crippen molar-refractivity contribution in [2.45, 2.75) is 13.3 Å². The summed E-state index contributed by atoms with van der Waals surface area (Å²) in [7, 11) is 0. The zero-order valence-electron chi connectivity index (χ0n) is 15.1. The van der Waals surface area contributed by atoms with Gasteiger partial charge >= 0.3 is 0 Å². The molecule has 0 aliphatic carbocycles. The van der Waals surface area contributed by atoms with Crippen LogP contribution in [0.3, 0.4) is 0 Å². The molecule has 1 aromatic carbocycles. The number of terminal acetylenes is 1. The van der Waals surface area contributed by atoms with E-state index in [0.29, 0.717) is 5.56 Å². The number of amides is 1. The molecule has 0 spiro atoms. The number of carbonyl (C=O) groups is 1. The molecule has 1 N–H and O–H groups in total. The Morgan fingerprint density at radius 3 is 2.50 bits per heavy atom. The SMILES string of the molecule is C#CCCN1CCN(c2ccc(C(=O)Nc3ccc(C)cc3)cn2)CC1. The second-order valence-corrected chi connectivity index (χ2v) is 6.51. The van der Waals surface area contributed by atoms with Gasteiger partial charge in [0.05, 0.1) is 5.56 Å². The fraction of sp³-hybridized carbons (Fsp3) is 0.333. The van der Waals surface area contributed by atoms with Gasteiger partial charge in [0.25, 0.3) is 5.91 Å². The molecule has 1 aliphatic rings. The molecule has 3 rings (SSSR count). The predicted octanol–water partition coefficient (Wildman–Crippen LogP) is 2.79. The Kier molecular flexibility index (Phi) is 5.88. The average Bonchev–Trinajstić information content (AvgIpc) is 2.68. The molecular formula is C21H24N4O. The summed E-state index contributed by atoms with van der Waals surface area (Å²) in [6.45, 7) is 6.79. The summed E-state index contributed by atoms with van der Waals surface area (Å²) in [4.78, 5) is 21.4. The Morgan fingerprint density at radius 1 is 1.15 bits per heavy atom. The zero-order valence-corrected chi connectivity index (χ0v) is 15.1. The number of aryl methyl sites for hydroxylation is 1. The summed E-state index contributed by atoms with van der Waals surface area (Å²) in [5, 5.41) is 2.89. The maximum Gasteiger partial charge on any atom is 0.257 e. The monoisotopic (exact) mass is 348 g/mol. The van der Waals surface area contributed by atoms with Crippen LogP contribution in [0.25, 0.3) is 0 Å². The van der Waals surface area contributed by atoms with Gasteiger partial charge in [0, 0.05) is 51.0 Å². The van der Waals surface area contributed by atoms with Gasteiger partial charge in [0.15, 0.2) is 0 Å². The van der Waals surface area contributed by atoms with Gasteiger partial charge in [-0.05, 0) is 31.2 Å². The fourth-order valence-corrected chi connectivity index (χ4v) is 2.97. The van der Waals surface area contributed by atoms with Crippen molar-refractivity contribution < 1.29 is 4.79 Å². The van der Waals surface area contributed by atoms with Gasteiger partial charge in [-0.2, -0.15) is 0 Å². The van der Waals surface area contributed by atoms with Crippen molar-refractivity contribution in [1.29, 1.82) is 0 Å². The highest BCUT2D eigenvalue weighted by Gasteiger charge is 2.17. The van der Waals surface area contributed by atoms with Crippen molar-refractivity contribution in [3.8, 4) is 12.3 Å². The molecule has 1 aromatic heterocycles. The normalized spacial score (nSPS) is 14.7. The van der Waals surface area contributed by atoms with Crippen LogP contribution >= 0.6 is 0 Å². The second-order valence-electron chi connectivity index (χ2n) is 6.51. The number of piperazine rings is 1. The predicted molar refractivity (Wildman–Crippen MR) is 105 cm³/mol. The first-order valence-electron chi connectivity index (χ1n) is 8.90. The molecule has 1 fully saturated rings. The lowest BCUT2D eigenvalue weighted by Crippen LogP contribution is -2.46. The topological polar surface area (TPSA) is 48.5 Å². The molecule has 134 valence electrons. The Hall–Kier alpha value is -2.84. The van der Waals surface area contributed by atoms with Gasteiger partial charge in [-0.15, -0.1) is 12.3 Å². The fourth-order valence-electron chi connectivity index (χ4n) is 2.97. The summed E-state index contributed by atoms with van der Waals surface area (Å²) in [6, 6.07) is 11.5. The number of benzene rings is 1. The average molecular weight is 348 g/mol. The second kappa shape index (κ2) is 8.50. The molecule has 0 radical (unpaired) electrons. The number of pyridine rings is 1. The Balaban J connectivity index is 1.56. The lowest BCUT2D eigenvalue weighted by atomic mass is 10.2. The van der Waals surface area contributed by atoms with Gasteiger partial charge in [0.2, 0.25) is 0 Å². The van der Waals surface area contributed by atoms with E-state index in [0.717, 1.165) is 56.2 Å². The molecule has 0 bridgehead atoms. The van der Waals surface area contributed by atoms with Crippen molar-refractivity contribution in [3.05, 3.63) is 53.7 Å². The van der Waals surface area contributed by atoms with E-state index in [2.05, 4.69) is 26.0 Å². The van der Waals surface area contributed by atoms with Crippen LogP contribution in [0, 0.1) is 19.3 Å². The highest BCUT2D eigenvalue weighted by atomic mass is 16.1. The third kappa shape index (κ3) is 4.62. The quantitative estimate of drug-likeness (QED) is 0.844. The van der Waals surface area contributed by atoms with Crippen molar-refractivity contribution in [2.24, 2.45) is 0 Å². The lowest BCUT2D eigenvalue weighted by molar-refractivity contribution is 0.102. The molecule has 0 unspecified atom stereocenters. The Labute approximate surface area is 155 Å². The number of nitrogens with one attached hydrogen (secondary N) is 1. The number of hydrogen-bond acceptors (Lipinski definition) is 4. The van der Waals surface area contributed by atoms with E-state index in [4.69, 9.17) is 6.42 Å². The number of hydrogen-bond donors (Lipinski definition) is 1. The van der Waals surface area contributed by atoms with E-state index in [9.17, 15) is 4.79 Å². The van der Waals surface area contributed by atoms with Crippen LogP contribution in [0.4, 0.5) is 11.5 Å². The lowest BCUT2D eigenvalue weighted by Gasteiger charge is -2.35. The van der Waals surface area contributed by atoms with Gasteiger partial charge in [0.1, 0.15) is 5.82 Å². The molecule has 26 heavy (non-hydrogen) atoms. The summed E-state index contributed by atoms with van der Waals surface area (Å²) in [5.74, 6) is 3.45. The number of anilines is 2. The summed E-state index contributed by atoms with van der Waals surface area (Å²) < 4.78 is 0. The van der Waals surface area contributed by atoms with E-state index in [1.807, 2.05) is 43.3 Å².